The number of piperidine rings is 1. The van der Waals surface area contributed by atoms with Gasteiger partial charge < -0.3 is 10.5 Å². The SMILES string of the molecule is COc1ccc(C)cc1S(=O)(=O)N1CCCC(C(C)N)C1.Cl. The van der Waals surface area contributed by atoms with Crippen molar-refractivity contribution in [3.8, 4) is 5.75 Å². The van der Waals surface area contributed by atoms with Crippen LogP contribution in [0, 0.1) is 12.8 Å². The van der Waals surface area contributed by atoms with E-state index < -0.39 is 10.0 Å². The molecule has 126 valence electrons. The molecule has 7 heteroatoms. The largest absolute Gasteiger partial charge is 0.495 e. The molecular formula is C15H25ClN2O3S. The maximum absolute atomic E-state index is 12.9. The minimum absolute atomic E-state index is 0. The molecule has 1 fully saturated rings. The molecule has 1 aromatic carbocycles. The van der Waals surface area contributed by atoms with E-state index in [9.17, 15) is 8.42 Å². The molecule has 0 spiro atoms. The van der Waals surface area contributed by atoms with Crippen molar-refractivity contribution in [2.45, 2.75) is 37.6 Å². The van der Waals surface area contributed by atoms with E-state index in [4.69, 9.17) is 10.5 Å². The van der Waals surface area contributed by atoms with Crippen molar-refractivity contribution in [2.75, 3.05) is 20.2 Å². The highest BCUT2D eigenvalue weighted by molar-refractivity contribution is 7.89. The first-order valence-electron chi connectivity index (χ1n) is 7.26. The summed E-state index contributed by atoms with van der Waals surface area (Å²) in [4.78, 5) is 0.246. The normalized spacial score (nSPS) is 21.0. The summed E-state index contributed by atoms with van der Waals surface area (Å²) in [5, 5.41) is 0. The van der Waals surface area contributed by atoms with Crippen LogP contribution < -0.4 is 10.5 Å². The molecule has 1 heterocycles. The summed E-state index contributed by atoms with van der Waals surface area (Å²) in [6.07, 6.45) is 1.83. The van der Waals surface area contributed by atoms with Gasteiger partial charge in [0.05, 0.1) is 7.11 Å². The topological polar surface area (TPSA) is 72.6 Å². The van der Waals surface area contributed by atoms with Crippen LogP contribution >= 0.6 is 12.4 Å². The molecule has 2 N–H and O–H groups in total. The first-order valence-corrected chi connectivity index (χ1v) is 8.70. The highest BCUT2D eigenvalue weighted by Crippen LogP contribution is 2.30. The lowest BCUT2D eigenvalue weighted by Crippen LogP contribution is -2.45. The zero-order valence-electron chi connectivity index (χ0n) is 13.3. The van der Waals surface area contributed by atoms with Crippen LogP contribution in [0.15, 0.2) is 23.1 Å². The fourth-order valence-electron chi connectivity index (χ4n) is 2.75. The molecule has 0 aromatic heterocycles. The van der Waals surface area contributed by atoms with Gasteiger partial charge in [0.1, 0.15) is 10.6 Å². The quantitative estimate of drug-likeness (QED) is 0.905. The van der Waals surface area contributed by atoms with Gasteiger partial charge in [-0.1, -0.05) is 6.07 Å². The maximum Gasteiger partial charge on any atom is 0.246 e. The minimum Gasteiger partial charge on any atom is -0.495 e. The van der Waals surface area contributed by atoms with Crippen molar-refractivity contribution in [1.82, 2.24) is 4.31 Å². The molecule has 2 rings (SSSR count). The lowest BCUT2D eigenvalue weighted by atomic mass is 9.93. The average molecular weight is 349 g/mol. The molecule has 1 saturated heterocycles. The number of nitrogens with two attached hydrogens (primary N) is 1. The van der Waals surface area contributed by atoms with Crippen LogP contribution in [-0.2, 0) is 10.0 Å². The molecule has 0 aliphatic carbocycles. The average Bonchev–Trinajstić information content (AvgIpc) is 2.47. The lowest BCUT2D eigenvalue weighted by molar-refractivity contribution is 0.242. The van der Waals surface area contributed by atoms with Crippen molar-refractivity contribution in [2.24, 2.45) is 11.7 Å². The minimum atomic E-state index is -3.54. The highest BCUT2D eigenvalue weighted by Gasteiger charge is 2.33. The zero-order valence-corrected chi connectivity index (χ0v) is 14.9. The second kappa shape index (κ2) is 7.64. The number of halogens is 1. The highest BCUT2D eigenvalue weighted by atomic mass is 35.5. The van der Waals surface area contributed by atoms with Gasteiger partial charge in [0.25, 0.3) is 0 Å². The summed E-state index contributed by atoms with van der Waals surface area (Å²) in [7, 11) is -2.05. The van der Waals surface area contributed by atoms with Crippen LogP contribution in [0.2, 0.25) is 0 Å². The van der Waals surface area contributed by atoms with Crippen molar-refractivity contribution in [3.05, 3.63) is 23.8 Å². The maximum atomic E-state index is 12.9. The van der Waals surface area contributed by atoms with E-state index in [2.05, 4.69) is 0 Å². The lowest BCUT2D eigenvalue weighted by Gasteiger charge is -2.34. The summed E-state index contributed by atoms with van der Waals surface area (Å²) in [6, 6.07) is 5.22. The Morgan fingerprint density at radius 1 is 1.41 bits per heavy atom. The van der Waals surface area contributed by atoms with E-state index in [1.54, 1.807) is 16.4 Å². The third-order valence-corrected chi connectivity index (χ3v) is 5.99. The van der Waals surface area contributed by atoms with Crippen LogP contribution in [0.1, 0.15) is 25.3 Å². The number of nitrogens with zero attached hydrogens (tertiary/aromatic N) is 1. The second-order valence-electron chi connectivity index (χ2n) is 5.78. The van der Waals surface area contributed by atoms with Crippen LogP contribution in [0.5, 0.6) is 5.75 Å². The third kappa shape index (κ3) is 3.93. The summed E-state index contributed by atoms with van der Waals surface area (Å²) >= 11 is 0. The van der Waals surface area contributed by atoms with Gasteiger partial charge in [0.15, 0.2) is 0 Å². The van der Waals surface area contributed by atoms with Crippen molar-refractivity contribution < 1.29 is 13.2 Å². The second-order valence-corrected chi connectivity index (χ2v) is 7.69. The first-order chi connectivity index (χ1) is 9.86. The number of aryl methyl sites for hydroxylation is 1. The van der Waals surface area contributed by atoms with E-state index in [-0.39, 0.29) is 29.3 Å². The molecule has 22 heavy (non-hydrogen) atoms. The van der Waals surface area contributed by atoms with Gasteiger partial charge in [-0.15, -0.1) is 12.4 Å². The van der Waals surface area contributed by atoms with Gasteiger partial charge in [-0.3, -0.25) is 0 Å². The van der Waals surface area contributed by atoms with E-state index in [0.29, 0.717) is 18.8 Å². The van der Waals surface area contributed by atoms with Crippen molar-refractivity contribution in [1.29, 1.82) is 0 Å². The number of benzene rings is 1. The van der Waals surface area contributed by atoms with Crippen LogP contribution in [0.3, 0.4) is 0 Å². The first kappa shape index (κ1) is 19.2. The number of sulfonamides is 1. The van der Waals surface area contributed by atoms with Gasteiger partial charge in [-0.25, -0.2) is 8.42 Å². The van der Waals surface area contributed by atoms with Gasteiger partial charge in [-0.2, -0.15) is 4.31 Å². The fraction of sp³-hybridized carbons (Fsp3) is 0.600. The molecule has 1 aliphatic rings. The molecule has 0 radical (unpaired) electrons. The molecule has 1 aliphatic heterocycles. The number of methoxy groups -OCH3 is 1. The van der Waals surface area contributed by atoms with Crippen molar-refractivity contribution in [3.63, 3.8) is 0 Å². The molecule has 0 amide bonds. The van der Waals surface area contributed by atoms with Gasteiger partial charge in [-0.05, 0) is 50.3 Å². The van der Waals surface area contributed by atoms with Gasteiger partial charge in [0.2, 0.25) is 10.0 Å². The van der Waals surface area contributed by atoms with E-state index in [0.717, 1.165) is 18.4 Å². The van der Waals surface area contributed by atoms with Crippen molar-refractivity contribution >= 4 is 22.4 Å². The molecular weight excluding hydrogens is 324 g/mol. The monoisotopic (exact) mass is 348 g/mol. The smallest absolute Gasteiger partial charge is 0.246 e. The Bertz CT molecular complexity index is 605. The number of ether oxygens (including phenoxy) is 1. The Morgan fingerprint density at radius 2 is 2.09 bits per heavy atom. The molecule has 0 bridgehead atoms. The van der Waals surface area contributed by atoms with Crippen LogP contribution in [0.25, 0.3) is 0 Å². The van der Waals surface area contributed by atoms with Crippen LogP contribution in [0.4, 0.5) is 0 Å². The third-order valence-electron chi connectivity index (χ3n) is 4.10. The summed E-state index contributed by atoms with van der Waals surface area (Å²) in [5.74, 6) is 0.604. The summed E-state index contributed by atoms with van der Waals surface area (Å²) in [6.45, 7) is 4.84. The Labute approximate surface area is 139 Å². The van der Waals surface area contributed by atoms with Gasteiger partial charge >= 0.3 is 0 Å². The number of hydrogen-bond donors (Lipinski definition) is 1. The molecule has 0 saturated carbocycles. The summed E-state index contributed by atoms with van der Waals surface area (Å²) < 4.78 is 32.5. The number of hydrogen-bond acceptors (Lipinski definition) is 4. The van der Waals surface area contributed by atoms with Gasteiger partial charge in [0, 0.05) is 19.1 Å². The Kier molecular flexibility index (Phi) is 6.67. The molecule has 2 unspecified atom stereocenters. The standard InChI is InChI=1S/C15H24N2O3S.ClH/c1-11-6-7-14(20-3)15(9-11)21(18,19)17-8-4-5-13(10-17)12(2)16;/h6-7,9,12-13H,4-5,8,10,16H2,1-3H3;1H. The Morgan fingerprint density at radius 3 is 2.68 bits per heavy atom. The predicted molar refractivity (Wildman–Crippen MR) is 90.1 cm³/mol. The molecule has 2 atom stereocenters. The Hall–Kier alpha value is -0.820. The molecule has 5 nitrogen and oxygen atoms in total. The summed E-state index contributed by atoms with van der Waals surface area (Å²) in [5.41, 5.74) is 6.84. The van der Waals surface area contributed by atoms with Crippen LogP contribution in [-0.4, -0.2) is 39.0 Å². The zero-order chi connectivity index (χ0) is 15.6. The predicted octanol–water partition coefficient (Wildman–Crippen LogP) is 2.17. The van der Waals surface area contributed by atoms with E-state index in [1.165, 1.54) is 7.11 Å². The van der Waals surface area contributed by atoms with E-state index in [1.807, 2.05) is 19.9 Å². The molecule has 1 aromatic rings. The van der Waals surface area contributed by atoms with E-state index >= 15 is 0 Å². The number of rotatable bonds is 4. The fourth-order valence-corrected chi connectivity index (χ4v) is 4.52. The Balaban J connectivity index is 0.00000242.